The van der Waals surface area contributed by atoms with Crippen LogP contribution in [-0.2, 0) is 9.84 Å². The van der Waals surface area contributed by atoms with Crippen LogP contribution in [0.15, 0.2) is 35.2 Å². The summed E-state index contributed by atoms with van der Waals surface area (Å²) in [6.07, 6.45) is 0. The summed E-state index contributed by atoms with van der Waals surface area (Å²) in [4.78, 5) is 0.297. The molecule has 0 bridgehead atoms. The lowest BCUT2D eigenvalue weighted by Crippen LogP contribution is -2.20. The number of alkyl halides is 2. The van der Waals surface area contributed by atoms with Crippen LogP contribution in [0.4, 0.5) is 0 Å². The maximum atomic E-state index is 11.8. The third kappa shape index (κ3) is 2.33. The van der Waals surface area contributed by atoms with E-state index in [1.54, 1.807) is 30.3 Å². The molecule has 0 aliphatic carbocycles. The Morgan fingerprint density at radius 3 is 2.00 bits per heavy atom. The second kappa shape index (κ2) is 3.71. The molecule has 0 aromatic heterocycles. The number of rotatable bonds is 2. The van der Waals surface area contributed by atoms with Crippen molar-refractivity contribution in [2.75, 3.05) is 0 Å². The highest BCUT2D eigenvalue weighted by Crippen LogP contribution is 2.36. The molecular weight excluding hydrogens is 320 g/mol. The second-order valence-corrected chi connectivity index (χ2v) is 10.2. The van der Waals surface area contributed by atoms with E-state index in [0.29, 0.717) is 4.90 Å². The third-order valence-electron chi connectivity index (χ3n) is 1.53. The van der Waals surface area contributed by atoms with Gasteiger partial charge in [0, 0.05) is 0 Å². The van der Waals surface area contributed by atoms with Crippen molar-refractivity contribution in [2.45, 2.75) is 14.4 Å². The predicted octanol–water partition coefficient (Wildman–Crippen LogP) is 2.92. The standard InChI is InChI=1S/C8H8Br2O2S/c1-8(9,10)13(11,12)7-5-3-2-4-6-7/h2-6H,1H3. The second-order valence-electron chi connectivity index (χ2n) is 2.62. The van der Waals surface area contributed by atoms with Gasteiger partial charge in [0.25, 0.3) is 0 Å². The highest BCUT2D eigenvalue weighted by Gasteiger charge is 2.34. The zero-order chi connectivity index (χ0) is 10.1. The Labute approximate surface area is 94.5 Å². The van der Waals surface area contributed by atoms with Gasteiger partial charge >= 0.3 is 0 Å². The fourth-order valence-corrected chi connectivity index (χ4v) is 2.86. The summed E-state index contributed by atoms with van der Waals surface area (Å²) in [7, 11) is -3.34. The van der Waals surface area contributed by atoms with E-state index >= 15 is 0 Å². The maximum Gasteiger partial charge on any atom is 0.203 e. The van der Waals surface area contributed by atoms with E-state index in [4.69, 9.17) is 0 Å². The number of sulfone groups is 1. The predicted molar refractivity (Wildman–Crippen MR) is 59.9 cm³/mol. The normalized spacial score (nSPS) is 12.8. The molecule has 0 aliphatic heterocycles. The zero-order valence-corrected chi connectivity index (χ0v) is 10.9. The number of halogens is 2. The van der Waals surface area contributed by atoms with E-state index in [1.807, 2.05) is 0 Å². The van der Waals surface area contributed by atoms with Crippen molar-refractivity contribution in [3.8, 4) is 0 Å². The number of benzene rings is 1. The Bertz CT molecular complexity index is 378. The van der Waals surface area contributed by atoms with E-state index < -0.39 is 12.4 Å². The van der Waals surface area contributed by atoms with E-state index in [-0.39, 0.29) is 0 Å². The summed E-state index contributed by atoms with van der Waals surface area (Å²) >= 11 is 6.13. The lowest BCUT2D eigenvalue weighted by Gasteiger charge is -2.14. The van der Waals surface area contributed by atoms with Crippen LogP contribution >= 0.6 is 31.9 Å². The molecule has 0 saturated heterocycles. The molecule has 1 aromatic carbocycles. The first-order valence-corrected chi connectivity index (χ1v) is 6.60. The maximum absolute atomic E-state index is 11.8. The largest absolute Gasteiger partial charge is 0.221 e. The summed E-state index contributed by atoms with van der Waals surface area (Å²) in [5.41, 5.74) is 0. The third-order valence-corrected chi connectivity index (χ3v) is 5.92. The molecule has 2 nitrogen and oxygen atoms in total. The Balaban J connectivity index is 3.26. The van der Waals surface area contributed by atoms with Gasteiger partial charge in [-0.25, -0.2) is 8.42 Å². The molecular formula is C8H8Br2O2S. The first-order valence-electron chi connectivity index (χ1n) is 3.53. The summed E-state index contributed by atoms with van der Waals surface area (Å²) in [5.74, 6) is 0. The lowest BCUT2D eigenvalue weighted by atomic mass is 10.4. The highest BCUT2D eigenvalue weighted by molar-refractivity contribution is 9.27. The SMILES string of the molecule is CC(Br)(Br)S(=O)(=O)c1ccccc1. The van der Waals surface area contributed by atoms with Gasteiger partial charge in [0.05, 0.1) is 4.90 Å². The van der Waals surface area contributed by atoms with E-state index in [0.717, 1.165) is 0 Å². The van der Waals surface area contributed by atoms with Crippen molar-refractivity contribution in [2.24, 2.45) is 0 Å². The van der Waals surface area contributed by atoms with Gasteiger partial charge in [0.2, 0.25) is 9.84 Å². The Morgan fingerprint density at radius 2 is 1.62 bits per heavy atom. The molecule has 0 N–H and O–H groups in total. The van der Waals surface area contributed by atoms with Crippen LogP contribution in [0, 0.1) is 0 Å². The van der Waals surface area contributed by atoms with Crippen molar-refractivity contribution in [3.63, 3.8) is 0 Å². The summed E-state index contributed by atoms with van der Waals surface area (Å²) < 4.78 is 22.4. The van der Waals surface area contributed by atoms with Crippen molar-refractivity contribution in [3.05, 3.63) is 30.3 Å². The molecule has 0 fully saturated rings. The Hall–Kier alpha value is 0.130. The van der Waals surface area contributed by atoms with E-state index in [2.05, 4.69) is 31.9 Å². The van der Waals surface area contributed by atoms with Crippen LogP contribution in [0.3, 0.4) is 0 Å². The lowest BCUT2D eigenvalue weighted by molar-refractivity contribution is 0.593. The Kier molecular flexibility index (Phi) is 3.20. The molecule has 0 heterocycles. The zero-order valence-electron chi connectivity index (χ0n) is 6.87. The summed E-state index contributed by atoms with van der Waals surface area (Å²) in [5, 5.41) is 0. The monoisotopic (exact) mass is 326 g/mol. The van der Waals surface area contributed by atoms with Gasteiger partial charge in [0.1, 0.15) is 0 Å². The molecule has 0 radical (unpaired) electrons. The topological polar surface area (TPSA) is 34.1 Å². The van der Waals surface area contributed by atoms with Gasteiger partial charge in [-0.15, -0.1) is 0 Å². The van der Waals surface area contributed by atoms with Gasteiger partial charge in [-0.05, 0) is 19.1 Å². The molecule has 0 unspecified atom stereocenters. The van der Waals surface area contributed by atoms with Crippen LogP contribution < -0.4 is 0 Å². The van der Waals surface area contributed by atoms with Crippen molar-refractivity contribution in [1.29, 1.82) is 0 Å². The molecule has 1 aromatic rings. The van der Waals surface area contributed by atoms with Crippen molar-refractivity contribution >= 4 is 41.7 Å². The average molecular weight is 328 g/mol. The Morgan fingerprint density at radius 1 is 1.15 bits per heavy atom. The minimum absolute atomic E-state index is 0.297. The molecule has 13 heavy (non-hydrogen) atoms. The molecule has 0 aliphatic rings. The van der Waals surface area contributed by atoms with Gasteiger partial charge < -0.3 is 0 Å². The fraction of sp³-hybridized carbons (Fsp3) is 0.250. The molecule has 0 spiro atoms. The molecule has 0 saturated carbocycles. The number of hydrogen-bond donors (Lipinski definition) is 0. The molecule has 0 amide bonds. The minimum atomic E-state index is -3.34. The molecule has 5 heteroatoms. The quantitative estimate of drug-likeness (QED) is 0.783. The molecule has 72 valence electrons. The van der Waals surface area contributed by atoms with Crippen molar-refractivity contribution in [1.82, 2.24) is 0 Å². The average Bonchev–Trinajstić information content (AvgIpc) is 2.04. The van der Waals surface area contributed by atoms with Gasteiger partial charge in [0.15, 0.2) is 2.57 Å². The first-order chi connectivity index (χ1) is 5.86. The smallest absolute Gasteiger partial charge is 0.203 e. The minimum Gasteiger partial charge on any atom is -0.221 e. The van der Waals surface area contributed by atoms with Gasteiger partial charge in [-0.2, -0.15) is 0 Å². The fourth-order valence-electron chi connectivity index (χ4n) is 0.807. The first kappa shape index (κ1) is 11.2. The molecule has 1 rings (SSSR count). The van der Waals surface area contributed by atoms with Gasteiger partial charge in [-0.3, -0.25) is 0 Å². The van der Waals surface area contributed by atoms with E-state index in [1.165, 1.54) is 6.92 Å². The van der Waals surface area contributed by atoms with Crippen molar-refractivity contribution < 1.29 is 8.42 Å². The van der Waals surface area contributed by atoms with Crippen LogP contribution in [0.1, 0.15) is 6.92 Å². The van der Waals surface area contributed by atoms with Gasteiger partial charge in [-0.1, -0.05) is 50.1 Å². The van der Waals surface area contributed by atoms with Crippen LogP contribution in [-0.4, -0.2) is 11.0 Å². The van der Waals surface area contributed by atoms with Crippen LogP contribution in [0.2, 0.25) is 0 Å². The summed E-state index contributed by atoms with van der Waals surface area (Å²) in [6.45, 7) is 1.54. The van der Waals surface area contributed by atoms with E-state index in [9.17, 15) is 8.42 Å². The molecule has 0 atom stereocenters. The summed E-state index contributed by atoms with van der Waals surface area (Å²) in [6, 6.07) is 8.29. The highest BCUT2D eigenvalue weighted by atomic mass is 79.9. The van der Waals surface area contributed by atoms with Crippen LogP contribution in [0.5, 0.6) is 0 Å². The number of hydrogen-bond acceptors (Lipinski definition) is 2. The van der Waals surface area contributed by atoms with Crippen LogP contribution in [0.25, 0.3) is 0 Å².